The van der Waals surface area contributed by atoms with Crippen LogP contribution in [0.4, 0.5) is 13.2 Å². The molecule has 1 saturated carbocycles. The Morgan fingerprint density at radius 1 is 1.31 bits per heavy atom. The van der Waals surface area contributed by atoms with Gasteiger partial charge in [0.25, 0.3) is 0 Å². The Morgan fingerprint density at radius 2 is 1.88 bits per heavy atom. The zero-order chi connectivity index (χ0) is 12.2. The van der Waals surface area contributed by atoms with Crippen molar-refractivity contribution >= 4 is 0 Å². The largest absolute Gasteiger partial charge is 0.389 e. The molecule has 16 heavy (non-hydrogen) atoms. The molecule has 1 rings (SSSR count). The summed E-state index contributed by atoms with van der Waals surface area (Å²) < 4.78 is 42.1. The van der Waals surface area contributed by atoms with Gasteiger partial charge in [0.15, 0.2) is 0 Å². The standard InChI is InChI=1S/C11H20F3NO/c1-15-9(5-8-11(12,13)14)10(16-2)6-3-4-7-10/h9,15H,3-8H2,1-2H3. The normalized spacial score (nSPS) is 22.3. The lowest BCUT2D eigenvalue weighted by molar-refractivity contribution is -0.141. The Kier molecular flexibility index (Phi) is 4.62. The maximum atomic E-state index is 12.2. The number of methoxy groups -OCH3 is 1. The molecule has 1 unspecified atom stereocenters. The highest BCUT2D eigenvalue weighted by Gasteiger charge is 2.42. The molecule has 0 aromatic heterocycles. The first kappa shape index (κ1) is 13.8. The zero-order valence-corrected chi connectivity index (χ0v) is 9.86. The molecule has 2 nitrogen and oxygen atoms in total. The van der Waals surface area contributed by atoms with Crippen molar-refractivity contribution in [2.24, 2.45) is 0 Å². The molecule has 0 saturated heterocycles. The second-order valence-corrected chi connectivity index (χ2v) is 4.47. The molecule has 96 valence electrons. The minimum Gasteiger partial charge on any atom is -0.377 e. The Bertz CT molecular complexity index is 212. The van der Waals surface area contributed by atoms with E-state index in [4.69, 9.17) is 4.74 Å². The summed E-state index contributed by atoms with van der Waals surface area (Å²) in [6.45, 7) is 0. The molecule has 0 bridgehead atoms. The van der Waals surface area contributed by atoms with Gasteiger partial charge in [0, 0.05) is 19.6 Å². The summed E-state index contributed by atoms with van der Waals surface area (Å²) in [5.74, 6) is 0. The van der Waals surface area contributed by atoms with E-state index in [2.05, 4.69) is 5.32 Å². The van der Waals surface area contributed by atoms with Gasteiger partial charge in [-0.1, -0.05) is 12.8 Å². The highest BCUT2D eigenvalue weighted by atomic mass is 19.4. The number of nitrogens with one attached hydrogen (secondary N) is 1. The fourth-order valence-corrected chi connectivity index (χ4v) is 2.65. The van der Waals surface area contributed by atoms with Crippen LogP contribution in [0, 0.1) is 0 Å². The van der Waals surface area contributed by atoms with Crippen LogP contribution in [0.15, 0.2) is 0 Å². The molecule has 0 aromatic carbocycles. The fraction of sp³-hybridized carbons (Fsp3) is 1.00. The monoisotopic (exact) mass is 239 g/mol. The van der Waals surface area contributed by atoms with Crippen molar-refractivity contribution in [1.82, 2.24) is 5.32 Å². The van der Waals surface area contributed by atoms with Crippen molar-refractivity contribution in [3.8, 4) is 0 Å². The number of ether oxygens (including phenoxy) is 1. The van der Waals surface area contributed by atoms with Crippen LogP contribution < -0.4 is 5.32 Å². The summed E-state index contributed by atoms with van der Waals surface area (Å²) in [6.07, 6.45) is -0.949. The second kappa shape index (κ2) is 5.36. The first-order chi connectivity index (χ1) is 7.43. The number of hydrogen-bond donors (Lipinski definition) is 1. The predicted molar refractivity (Wildman–Crippen MR) is 56.3 cm³/mol. The molecule has 1 N–H and O–H groups in total. The maximum absolute atomic E-state index is 12.2. The zero-order valence-electron chi connectivity index (χ0n) is 9.86. The Morgan fingerprint density at radius 3 is 2.25 bits per heavy atom. The third-order valence-corrected chi connectivity index (χ3v) is 3.56. The Balaban J connectivity index is 2.58. The van der Waals surface area contributed by atoms with Gasteiger partial charge in [-0.2, -0.15) is 13.2 Å². The molecular weight excluding hydrogens is 219 g/mol. The number of hydrogen-bond acceptors (Lipinski definition) is 2. The van der Waals surface area contributed by atoms with Crippen LogP contribution in [0.25, 0.3) is 0 Å². The van der Waals surface area contributed by atoms with Crippen LogP contribution in [0.2, 0.25) is 0 Å². The first-order valence-corrected chi connectivity index (χ1v) is 5.73. The van der Waals surface area contributed by atoms with E-state index >= 15 is 0 Å². The minimum absolute atomic E-state index is 0.0911. The molecule has 1 aliphatic rings. The molecule has 0 radical (unpaired) electrons. The number of rotatable bonds is 5. The lowest BCUT2D eigenvalue weighted by Gasteiger charge is -2.36. The van der Waals surface area contributed by atoms with E-state index < -0.39 is 12.6 Å². The van der Waals surface area contributed by atoms with Crippen molar-refractivity contribution in [2.45, 2.75) is 56.3 Å². The first-order valence-electron chi connectivity index (χ1n) is 5.73. The number of likely N-dealkylation sites (N-methyl/N-ethyl adjacent to an activating group) is 1. The molecule has 0 spiro atoms. The van der Waals surface area contributed by atoms with Gasteiger partial charge in [0.2, 0.25) is 0 Å². The quantitative estimate of drug-likeness (QED) is 0.796. The molecule has 1 aliphatic carbocycles. The number of halogens is 3. The predicted octanol–water partition coefficient (Wildman–Crippen LogP) is 2.88. The summed E-state index contributed by atoms with van der Waals surface area (Å²) in [7, 11) is 3.31. The molecule has 0 aromatic rings. The van der Waals surface area contributed by atoms with Gasteiger partial charge >= 0.3 is 6.18 Å². The van der Waals surface area contributed by atoms with Crippen molar-refractivity contribution in [3.05, 3.63) is 0 Å². The van der Waals surface area contributed by atoms with Crippen LogP contribution in [-0.2, 0) is 4.74 Å². The van der Waals surface area contributed by atoms with Crippen molar-refractivity contribution in [3.63, 3.8) is 0 Å². The molecule has 1 atom stereocenters. The third-order valence-electron chi connectivity index (χ3n) is 3.56. The molecule has 1 fully saturated rings. The topological polar surface area (TPSA) is 21.3 Å². The van der Waals surface area contributed by atoms with E-state index in [9.17, 15) is 13.2 Å². The van der Waals surface area contributed by atoms with E-state index in [1.807, 2.05) is 0 Å². The van der Waals surface area contributed by atoms with Gasteiger partial charge < -0.3 is 10.1 Å². The van der Waals surface area contributed by atoms with Gasteiger partial charge in [0.1, 0.15) is 0 Å². The fourth-order valence-electron chi connectivity index (χ4n) is 2.65. The third kappa shape index (κ3) is 3.35. The summed E-state index contributed by atoms with van der Waals surface area (Å²) in [5.41, 5.74) is -0.389. The van der Waals surface area contributed by atoms with Gasteiger partial charge in [0.05, 0.1) is 5.60 Å². The Hall–Kier alpha value is -0.290. The lowest BCUT2D eigenvalue weighted by Crippen LogP contribution is -2.49. The van der Waals surface area contributed by atoms with E-state index in [1.165, 1.54) is 0 Å². The van der Waals surface area contributed by atoms with Gasteiger partial charge in [-0.05, 0) is 26.3 Å². The molecule has 0 heterocycles. The average Bonchev–Trinajstić information content (AvgIpc) is 2.67. The van der Waals surface area contributed by atoms with Crippen molar-refractivity contribution < 1.29 is 17.9 Å². The second-order valence-electron chi connectivity index (χ2n) is 4.47. The van der Waals surface area contributed by atoms with E-state index in [0.717, 1.165) is 25.7 Å². The van der Waals surface area contributed by atoms with E-state index in [0.29, 0.717) is 0 Å². The molecular formula is C11H20F3NO. The van der Waals surface area contributed by atoms with Crippen LogP contribution in [0.5, 0.6) is 0 Å². The smallest absolute Gasteiger partial charge is 0.377 e. The van der Waals surface area contributed by atoms with Gasteiger partial charge in [-0.15, -0.1) is 0 Å². The van der Waals surface area contributed by atoms with Crippen molar-refractivity contribution in [2.75, 3.05) is 14.2 Å². The number of alkyl halides is 3. The molecule has 5 heteroatoms. The summed E-state index contributed by atoms with van der Waals surface area (Å²) in [5, 5.41) is 2.98. The summed E-state index contributed by atoms with van der Waals surface area (Å²) in [4.78, 5) is 0. The SMILES string of the molecule is CNC(CCC(F)(F)F)C1(OC)CCCC1. The van der Waals surface area contributed by atoms with Gasteiger partial charge in [-0.25, -0.2) is 0 Å². The van der Waals surface area contributed by atoms with Crippen LogP contribution >= 0.6 is 0 Å². The Labute approximate surface area is 94.5 Å². The minimum atomic E-state index is -4.08. The summed E-state index contributed by atoms with van der Waals surface area (Å²) >= 11 is 0. The maximum Gasteiger partial charge on any atom is 0.389 e. The lowest BCUT2D eigenvalue weighted by atomic mass is 9.88. The van der Waals surface area contributed by atoms with Gasteiger partial charge in [-0.3, -0.25) is 0 Å². The highest BCUT2D eigenvalue weighted by Crippen LogP contribution is 2.38. The molecule has 0 aliphatic heterocycles. The van der Waals surface area contributed by atoms with Crippen LogP contribution in [-0.4, -0.2) is 32.0 Å². The molecule has 0 amide bonds. The average molecular weight is 239 g/mol. The van der Waals surface area contributed by atoms with Crippen LogP contribution in [0.3, 0.4) is 0 Å². The van der Waals surface area contributed by atoms with E-state index in [1.54, 1.807) is 14.2 Å². The summed E-state index contributed by atoms with van der Waals surface area (Å²) in [6, 6.07) is -0.207. The highest BCUT2D eigenvalue weighted by molar-refractivity contribution is 4.96. The van der Waals surface area contributed by atoms with E-state index in [-0.39, 0.29) is 18.1 Å². The van der Waals surface area contributed by atoms with Crippen LogP contribution in [0.1, 0.15) is 38.5 Å². The van der Waals surface area contributed by atoms with Crippen molar-refractivity contribution in [1.29, 1.82) is 0 Å².